The van der Waals surface area contributed by atoms with Crippen LogP contribution in [-0.4, -0.2) is 55.6 Å². The Morgan fingerprint density at radius 3 is 2.42 bits per heavy atom. The van der Waals surface area contributed by atoms with Crippen molar-refractivity contribution in [2.45, 2.75) is 36.8 Å². The lowest BCUT2D eigenvalue weighted by Crippen LogP contribution is -2.41. The minimum atomic E-state index is -3.66. The Morgan fingerprint density at radius 2 is 1.74 bits per heavy atom. The minimum absolute atomic E-state index is 0.0685. The summed E-state index contributed by atoms with van der Waals surface area (Å²) in [5, 5.41) is 4.60. The maximum absolute atomic E-state index is 13.1. The topological polar surface area (TPSA) is 86.8 Å². The largest absolute Gasteiger partial charge is 0.339 e. The van der Waals surface area contributed by atoms with Crippen molar-refractivity contribution in [1.82, 2.24) is 9.21 Å². The predicted molar refractivity (Wildman–Crippen MR) is 121 cm³/mol. The number of rotatable bonds is 5. The fraction of sp³-hybridized carbons (Fsp3) is 0.455. The second kappa shape index (κ2) is 9.10. The molecule has 0 atom stereocenters. The Morgan fingerprint density at radius 1 is 1.06 bits per heavy atom. The standard InChI is InChI=1S/C22H27N3O4S2/c1-16-6-2-3-7-19(16)23-21(26)17-8-12-25(13-9-17)31(28,29)20-14-18(15-30-20)22(27)24-10-4-5-11-24/h2-3,6-7,14-15,17H,4-5,8-13H2,1H3,(H,23,26). The molecule has 2 fully saturated rings. The minimum Gasteiger partial charge on any atom is -0.339 e. The second-order valence-electron chi connectivity index (χ2n) is 8.14. The van der Waals surface area contributed by atoms with E-state index < -0.39 is 10.0 Å². The molecule has 9 heteroatoms. The van der Waals surface area contributed by atoms with Gasteiger partial charge >= 0.3 is 0 Å². The maximum Gasteiger partial charge on any atom is 0.254 e. The average Bonchev–Trinajstić information content (AvgIpc) is 3.48. The van der Waals surface area contributed by atoms with Gasteiger partial charge in [0.25, 0.3) is 15.9 Å². The molecule has 0 spiro atoms. The summed E-state index contributed by atoms with van der Waals surface area (Å²) in [4.78, 5) is 26.9. The Hall–Kier alpha value is -2.23. The van der Waals surface area contributed by atoms with E-state index in [1.165, 1.54) is 10.4 Å². The lowest BCUT2D eigenvalue weighted by atomic mass is 9.97. The zero-order valence-corrected chi connectivity index (χ0v) is 19.2. The number of anilines is 1. The number of piperidine rings is 1. The van der Waals surface area contributed by atoms with Crippen LogP contribution in [0.15, 0.2) is 39.9 Å². The lowest BCUT2D eigenvalue weighted by molar-refractivity contribution is -0.120. The molecule has 2 saturated heterocycles. The van der Waals surface area contributed by atoms with Crippen molar-refractivity contribution in [3.8, 4) is 0 Å². The molecule has 166 valence electrons. The van der Waals surface area contributed by atoms with E-state index in [0.29, 0.717) is 31.5 Å². The molecule has 2 amide bonds. The summed E-state index contributed by atoms with van der Waals surface area (Å²) in [6.45, 7) is 3.99. The number of aryl methyl sites for hydroxylation is 1. The molecule has 0 bridgehead atoms. The van der Waals surface area contributed by atoms with Gasteiger partial charge in [0.2, 0.25) is 5.91 Å². The van der Waals surface area contributed by atoms with E-state index in [9.17, 15) is 18.0 Å². The number of sulfonamides is 1. The van der Waals surface area contributed by atoms with E-state index in [1.807, 2.05) is 31.2 Å². The van der Waals surface area contributed by atoms with Crippen LogP contribution >= 0.6 is 11.3 Å². The fourth-order valence-corrected chi connectivity index (χ4v) is 6.88. The van der Waals surface area contributed by atoms with Crippen molar-refractivity contribution in [3.63, 3.8) is 0 Å². The van der Waals surface area contributed by atoms with Gasteiger partial charge < -0.3 is 10.2 Å². The monoisotopic (exact) mass is 461 g/mol. The van der Waals surface area contributed by atoms with Crippen LogP contribution in [0.4, 0.5) is 5.69 Å². The molecule has 0 aliphatic carbocycles. The Bertz CT molecular complexity index is 1070. The van der Waals surface area contributed by atoms with Crippen molar-refractivity contribution in [2.75, 3.05) is 31.5 Å². The van der Waals surface area contributed by atoms with Gasteiger partial charge in [-0.3, -0.25) is 9.59 Å². The summed E-state index contributed by atoms with van der Waals surface area (Å²) in [5.74, 6) is -0.385. The summed E-state index contributed by atoms with van der Waals surface area (Å²) >= 11 is 1.09. The van der Waals surface area contributed by atoms with Crippen LogP contribution in [0.25, 0.3) is 0 Å². The van der Waals surface area contributed by atoms with Gasteiger partial charge in [0.15, 0.2) is 0 Å². The fourth-order valence-electron chi connectivity index (χ4n) is 4.10. The van der Waals surface area contributed by atoms with Gasteiger partial charge in [0.05, 0.1) is 5.56 Å². The Kier molecular flexibility index (Phi) is 6.45. The smallest absolute Gasteiger partial charge is 0.254 e. The molecular weight excluding hydrogens is 434 g/mol. The zero-order chi connectivity index (χ0) is 22.0. The van der Waals surface area contributed by atoms with Crippen LogP contribution in [0.1, 0.15) is 41.6 Å². The molecule has 4 rings (SSSR count). The normalized spacial score (nSPS) is 18.3. The molecule has 0 saturated carbocycles. The predicted octanol–water partition coefficient (Wildman–Crippen LogP) is 3.33. The maximum atomic E-state index is 13.1. The lowest BCUT2D eigenvalue weighted by Gasteiger charge is -2.30. The molecule has 7 nitrogen and oxygen atoms in total. The molecule has 0 radical (unpaired) electrons. The van der Waals surface area contributed by atoms with Crippen LogP contribution in [0.5, 0.6) is 0 Å². The van der Waals surface area contributed by atoms with Crippen molar-refractivity contribution in [3.05, 3.63) is 46.8 Å². The highest BCUT2D eigenvalue weighted by Crippen LogP contribution is 2.29. The molecule has 31 heavy (non-hydrogen) atoms. The summed E-state index contributed by atoms with van der Waals surface area (Å²) < 4.78 is 27.8. The molecule has 0 unspecified atom stereocenters. The number of hydrogen-bond acceptors (Lipinski definition) is 5. The van der Waals surface area contributed by atoms with Crippen LogP contribution in [0.3, 0.4) is 0 Å². The number of para-hydroxylation sites is 1. The number of nitrogens with one attached hydrogen (secondary N) is 1. The van der Waals surface area contributed by atoms with Crippen LogP contribution in [0, 0.1) is 12.8 Å². The highest BCUT2D eigenvalue weighted by molar-refractivity contribution is 7.91. The molecule has 2 aliphatic heterocycles. The van der Waals surface area contributed by atoms with Gasteiger partial charge in [-0.25, -0.2) is 8.42 Å². The van der Waals surface area contributed by atoms with Gasteiger partial charge in [-0.15, -0.1) is 11.3 Å². The molecular formula is C22H27N3O4S2. The molecule has 1 N–H and O–H groups in total. The number of likely N-dealkylation sites (tertiary alicyclic amines) is 1. The third-order valence-corrected chi connectivity index (χ3v) is 9.35. The summed E-state index contributed by atoms with van der Waals surface area (Å²) in [5.41, 5.74) is 2.22. The van der Waals surface area contributed by atoms with Crippen LogP contribution < -0.4 is 5.32 Å². The second-order valence-corrected chi connectivity index (χ2v) is 11.2. The van der Waals surface area contributed by atoms with Gasteiger partial charge in [0, 0.05) is 43.2 Å². The zero-order valence-electron chi connectivity index (χ0n) is 17.5. The van der Waals surface area contributed by atoms with Crippen LogP contribution in [-0.2, 0) is 14.8 Å². The average molecular weight is 462 g/mol. The van der Waals surface area contributed by atoms with E-state index in [-0.39, 0.29) is 21.9 Å². The first-order valence-electron chi connectivity index (χ1n) is 10.6. The quantitative estimate of drug-likeness (QED) is 0.740. The van der Waals surface area contributed by atoms with Crippen molar-refractivity contribution < 1.29 is 18.0 Å². The van der Waals surface area contributed by atoms with Gasteiger partial charge in [-0.1, -0.05) is 18.2 Å². The molecule has 1 aromatic heterocycles. The first kappa shape index (κ1) is 22.0. The molecule has 1 aromatic carbocycles. The third-order valence-electron chi connectivity index (χ3n) is 6.04. The van der Waals surface area contributed by atoms with E-state index in [2.05, 4.69) is 5.32 Å². The van der Waals surface area contributed by atoms with Gasteiger partial charge in [0.1, 0.15) is 4.21 Å². The van der Waals surface area contributed by atoms with E-state index in [1.54, 1.807) is 10.3 Å². The number of thiophene rings is 1. The first-order chi connectivity index (χ1) is 14.9. The Labute approximate surface area is 187 Å². The number of benzene rings is 1. The number of nitrogens with zero attached hydrogens (tertiary/aromatic N) is 2. The van der Waals surface area contributed by atoms with Gasteiger partial charge in [-0.05, 0) is 50.3 Å². The number of carbonyl (C=O) groups excluding carboxylic acids is 2. The molecule has 2 aromatic rings. The number of carbonyl (C=O) groups is 2. The third kappa shape index (κ3) is 4.68. The van der Waals surface area contributed by atoms with E-state index in [4.69, 9.17) is 0 Å². The highest BCUT2D eigenvalue weighted by Gasteiger charge is 2.33. The van der Waals surface area contributed by atoms with E-state index >= 15 is 0 Å². The van der Waals surface area contributed by atoms with Crippen LogP contribution in [0.2, 0.25) is 0 Å². The number of hydrogen-bond donors (Lipinski definition) is 1. The highest BCUT2D eigenvalue weighted by atomic mass is 32.2. The summed E-state index contributed by atoms with van der Waals surface area (Å²) in [7, 11) is -3.66. The molecule has 3 heterocycles. The van der Waals surface area contributed by atoms with Crippen molar-refractivity contribution in [2.24, 2.45) is 5.92 Å². The SMILES string of the molecule is Cc1ccccc1NC(=O)C1CCN(S(=O)(=O)c2cc(C(=O)N3CCCC3)cs2)CC1. The van der Waals surface area contributed by atoms with Crippen molar-refractivity contribution in [1.29, 1.82) is 0 Å². The molecule has 2 aliphatic rings. The van der Waals surface area contributed by atoms with Crippen molar-refractivity contribution >= 4 is 38.9 Å². The van der Waals surface area contributed by atoms with E-state index in [0.717, 1.165) is 48.5 Å². The summed E-state index contributed by atoms with van der Waals surface area (Å²) in [6.07, 6.45) is 2.94. The Balaban J connectivity index is 1.37. The van der Waals surface area contributed by atoms with Gasteiger partial charge in [-0.2, -0.15) is 4.31 Å². The summed E-state index contributed by atoms with van der Waals surface area (Å²) in [6, 6.07) is 9.10. The number of amides is 2. The first-order valence-corrected chi connectivity index (χ1v) is 12.9.